The normalized spacial score (nSPS) is 15.9. The lowest BCUT2D eigenvalue weighted by atomic mass is 9.94. The van der Waals surface area contributed by atoms with Crippen LogP contribution in [-0.2, 0) is 0 Å². The van der Waals surface area contributed by atoms with Crippen molar-refractivity contribution >= 4 is 28.9 Å². The molecular weight excluding hydrogens is 452 g/mol. The maximum Gasteiger partial charge on any atom is 0.326 e. The Hall–Kier alpha value is -4.10. The topological polar surface area (TPSA) is 80.5 Å². The number of aromatic nitrogens is 2. The Balaban J connectivity index is 1.63. The first-order valence-corrected chi connectivity index (χ1v) is 11.0. The van der Waals surface area contributed by atoms with Crippen molar-refractivity contribution < 1.29 is 14.1 Å². The maximum absolute atomic E-state index is 13.2. The minimum Gasteiger partial charge on any atom is -0.497 e. The summed E-state index contributed by atoms with van der Waals surface area (Å²) in [5, 5.41) is 7.84. The van der Waals surface area contributed by atoms with E-state index in [1.165, 1.54) is 0 Å². The summed E-state index contributed by atoms with van der Waals surface area (Å²) in [6.07, 6.45) is 0. The van der Waals surface area contributed by atoms with Gasteiger partial charge in [0.2, 0.25) is 5.82 Å². The molecule has 2 amide bonds. The number of hydrogen-bond donors (Lipinski definition) is 1. The van der Waals surface area contributed by atoms with Crippen molar-refractivity contribution in [1.82, 2.24) is 15.5 Å². The number of carbonyl (C=O) groups excluding carboxylic acids is 1. The second kappa shape index (κ2) is 9.03. The van der Waals surface area contributed by atoms with E-state index in [2.05, 4.69) is 15.5 Å². The molecule has 34 heavy (non-hydrogen) atoms. The fraction of sp³-hybridized carbons (Fsp3) is 0.115. The Morgan fingerprint density at radius 1 is 1.03 bits per heavy atom. The summed E-state index contributed by atoms with van der Waals surface area (Å²) in [6, 6.07) is 23.4. The summed E-state index contributed by atoms with van der Waals surface area (Å²) in [6.45, 7) is 1.87. The molecule has 170 valence electrons. The fourth-order valence-electron chi connectivity index (χ4n) is 4.03. The summed E-state index contributed by atoms with van der Waals surface area (Å²) in [5.41, 5.74) is 3.71. The Kier molecular flexibility index (Phi) is 5.77. The SMILES string of the molecule is COc1ccc(-c2noc(C3=C(C)N(c4ccccc4)C(=O)NC3c3cccc(Cl)c3)n2)cc1. The number of urea groups is 1. The number of nitrogens with one attached hydrogen (secondary N) is 1. The van der Waals surface area contributed by atoms with Gasteiger partial charge in [0, 0.05) is 16.3 Å². The highest BCUT2D eigenvalue weighted by Gasteiger charge is 2.36. The van der Waals surface area contributed by atoms with Crippen LogP contribution in [0.15, 0.2) is 89.1 Å². The third-order valence-electron chi connectivity index (χ3n) is 5.69. The number of rotatable bonds is 5. The minimum atomic E-state index is -0.518. The third kappa shape index (κ3) is 4.02. The van der Waals surface area contributed by atoms with E-state index >= 15 is 0 Å². The molecule has 0 saturated carbocycles. The highest BCUT2D eigenvalue weighted by molar-refractivity contribution is 6.30. The molecule has 1 aliphatic heterocycles. The molecule has 1 aromatic heterocycles. The van der Waals surface area contributed by atoms with Gasteiger partial charge in [0.25, 0.3) is 5.89 Å². The Morgan fingerprint density at radius 3 is 2.50 bits per heavy atom. The van der Waals surface area contributed by atoms with Gasteiger partial charge in [-0.25, -0.2) is 4.79 Å². The molecule has 3 aromatic carbocycles. The second-order valence-corrected chi connectivity index (χ2v) is 8.20. The zero-order valence-corrected chi connectivity index (χ0v) is 19.3. The molecule has 1 atom stereocenters. The zero-order valence-electron chi connectivity index (χ0n) is 18.5. The Labute approximate surface area is 201 Å². The summed E-state index contributed by atoms with van der Waals surface area (Å²) >= 11 is 6.26. The molecule has 4 aromatic rings. The van der Waals surface area contributed by atoms with Crippen molar-refractivity contribution in [3.63, 3.8) is 0 Å². The first kappa shape index (κ1) is 21.7. The molecule has 0 radical (unpaired) electrons. The molecular formula is C26H21ClN4O3. The highest BCUT2D eigenvalue weighted by Crippen LogP contribution is 2.39. The Bertz CT molecular complexity index is 1370. The summed E-state index contributed by atoms with van der Waals surface area (Å²) in [7, 11) is 1.61. The van der Waals surface area contributed by atoms with Gasteiger partial charge in [-0.05, 0) is 61.0 Å². The maximum atomic E-state index is 13.2. The van der Waals surface area contributed by atoms with E-state index in [4.69, 9.17) is 20.9 Å². The van der Waals surface area contributed by atoms with Crippen molar-refractivity contribution in [2.75, 3.05) is 12.0 Å². The van der Waals surface area contributed by atoms with Crippen LogP contribution in [0, 0.1) is 0 Å². The number of allylic oxidation sites excluding steroid dienone is 1. The molecule has 0 spiro atoms. The lowest BCUT2D eigenvalue weighted by molar-refractivity contribution is 0.244. The van der Waals surface area contributed by atoms with Gasteiger partial charge < -0.3 is 14.6 Å². The number of halogens is 1. The van der Waals surface area contributed by atoms with Gasteiger partial charge in [0.1, 0.15) is 5.75 Å². The van der Waals surface area contributed by atoms with Gasteiger partial charge in [0.05, 0.1) is 24.4 Å². The molecule has 1 N–H and O–H groups in total. The second-order valence-electron chi connectivity index (χ2n) is 7.76. The van der Waals surface area contributed by atoms with Crippen molar-refractivity contribution in [3.8, 4) is 17.1 Å². The van der Waals surface area contributed by atoms with Crippen LogP contribution < -0.4 is 15.0 Å². The molecule has 0 saturated heterocycles. The molecule has 2 heterocycles. The first-order chi connectivity index (χ1) is 16.5. The van der Waals surface area contributed by atoms with Crippen LogP contribution in [0.1, 0.15) is 24.4 Å². The molecule has 1 unspecified atom stereocenters. The van der Waals surface area contributed by atoms with E-state index in [0.29, 0.717) is 28.0 Å². The number of para-hydroxylation sites is 1. The van der Waals surface area contributed by atoms with Crippen LogP contribution in [0.25, 0.3) is 17.0 Å². The van der Waals surface area contributed by atoms with Crippen LogP contribution in [0.3, 0.4) is 0 Å². The number of nitrogens with zero attached hydrogens (tertiary/aromatic N) is 3. The van der Waals surface area contributed by atoms with E-state index in [1.54, 1.807) is 18.1 Å². The van der Waals surface area contributed by atoms with Crippen LogP contribution in [0.2, 0.25) is 5.02 Å². The van der Waals surface area contributed by atoms with Crippen molar-refractivity contribution in [2.24, 2.45) is 0 Å². The van der Waals surface area contributed by atoms with Gasteiger partial charge in [-0.1, -0.05) is 47.1 Å². The summed E-state index contributed by atoms with van der Waals surface area (Å²) in [5.74, 6) is 1.49. The van der Waals surface area contributed by atoms with Gasteiger partial charge >= 0.3 is 6.03 Å². The molecule has 0 bridgehead atoms. The van der Waals surface area contributed by atoms with Crippen molar-refractivity contribution in [1.29, 1.82) is 0 Å². The van der Waals surface area contributed by atoms with Crippen molar-refractivity contribution in [3.05, 3.63) is 101 Å². The van der Waals surface area contributed by atoms with E-state index in [9.17, 15) is 4.79 Å². The molecule has 0 aliphatic carbocycles. The number of benzene rings is 3. The molecule has 5 rings (SSSR count). The van der Waals surface area contributed by atoms with Gasteiger partial charge in [-0.3, -0.25) is 4.90 Å². The largest absolute Gasteiger partial charge is 0.497 e. The van der Waals surface area contributed by atoms with Crippen molar-refractivity contribution in [2.45, 2.75) is 13.0 Å². The number of ether oxygens (including phenoxy) is 1. The lowest BCUT2D eigenvalue weighted by Gasteiger charge is -2.35. The predicted octanol–water partition coefficient (Wildman–Crippen LogP) is 6.10. The average Bonchev–Trinajstić information content (AvgIpc) is 3.34. The van der Waals surface area contributed by atoms with Crippen LogP contribution in [0.4, 0.5) is 10.5 Å². The summed E-state index contributed by atoms with van der Waals surface area (Å²) < 4.78 is 11.0. The first-order valence-electron chi connectivity index (χ1n) is 10.7. The lowest BCUT2D eigenvalue weighted by Crippen LogP contribution is -2.46. The molecule has 0 fully saturated rings. The van der Waals surface area contributed by atoms with Crippen LogP contribution in [-0.4, -0.2) is 23.3 Å². The van der Waals surface area contributed by atoms with Gasteiger partial charge in [-0.15, -0.1) is 0 Å². The zero-order chi connectivity index (χ0) is 23.7. The smallest absolute Gasteiger partial charge is 0.326 e. The number of amides is 2. The third-order valence-corrected chi connectivity index (χ3v) is 5.92. The van der Waals surface area contributed by atoms with E-state index in [0.717, 1.165) is 22.6 Å². The van der Waals surface area contributed by atoms with E-state index < -0.39 is 6.04 Å². The minimum absolute atomic E-state index is 0.257. The van der Waals surface area contributed by atoms with E-state index in [-0.39, 0.29) is 6.03 Å². The quantitative estimate of drug-likeness (QED) is 0.379. The predicted molar refractivity (Wildman–Crippen MR) is 131 cm³/mol. The average molecular weight is 473 g/mol. The monoisotopic (exact) mass is 472 g/mol. The van der Waals surface area contributed by atoms with Gasteiger partial charge in [-0.2, -0.15) is 4.98 Å². The number of hydrogen-bond acceptors (Lipinski definition) is 5. The van der Waals surface area contributed by atoms with Crippen LogP contribution in [0.5, 0.6) is 5.75 Å². The highest BCUT2D eigenvalue weighted by atomic mass is 35.5. The molecule has 1 aliphatic rings. The number of methoxy groups -OCH3 is 1. The molecule has 8 heteroatoms. The summed E-state index contributed by atoms with van der Waals surface area (Å²) in [4.78, 5) is 19.5. The standard InChI is InChI=1S/C26H21ClN4O3/c1-16-22(25-29-24(30-34-25)17-11-13-21(33-2)14-12-17)23(18-7-6-8-19(27)15-18)28-26(32)31(16)20-9-4-3-5-10-20/h3-15,23H,1-2H3,(H,28,32). The molecule has 7 nitrogen and oxygen atoms in total. The van der Waals surface area contributed by atoms with Crippen LogP contribution >= 0.6 is 11.6 Å². The Morgan fingerprint density at radius 2 is 1.79 bits per heavy atom. The number of anilines is 1. The van der Waals surface area contributed by atoms with E-state index in [1.807, 2.05) is 79.7 Å². The number of carbonyl (C=O) groups is 1. The van der Waals surface area contributed by atoms with Gasteiger partial charge in [0.15, 0.2) is 0 Å². The fourth-order valence-corrected chi connectivity index (χ4v) is 4.23.